The molecule has 3 N–H and O–H groups in total. The zero-order valence-electron chi connectivity index (χ0n) is 12.3. The van der Waals surface area contributed by atoms with Gasteiger partial charge in [-0.25, -0.2) is 4.68 Å². The molecule has 0 aliphatic heterocycles. The number of benzene rings is 1. The quantitative estimate of drug-likeness (QED) is 0.889. The number of nitrogens with two attached hydrogens (primary N) is 1. The zero-order valence-corrected chi connectivity index (χ0v) is 13.1. The predicted octanol–water partition coefficient (Wildman–Crippen LogP) is 4.18. The predicted molar refractivity (Wildman–Crippen MR) is 85.3 cm³/mol. The summed E-state index contributed by atoms with van der Waals surface area (Å²) in [6, 6.07) is 8.19. The molecule has 0 bridgehead atoms. The van der Waals surface area contributed by atoms with E-state index in [1.807, 2.05) is 35.9 Å². The van der Waals surface area contributed by atoms with Gasteiger partial charge in [0.1, 0.15) is 5.82 Å². The van der Waals surface area contributed by atoms with Crippen LogP contribution in [-0.2, 0) is 0 Å². The molecule has 0 radical (unpaired) electrons. The van der Waals surface area contributed by atoms with Crippen LogP contribution < -0.4 is 11.1 Å². The molecule has 1 unspecified atom stereocenters. The van der Waals surface area contributed by atoms with Gasteiger partial charge < -0.3 is 11.1 Å². The van der Waals surface area contributed by atoms with E-state index in [2.05, 4.69) is 31.2 Å². The molecule has 20 heavy (non-hydrogen) atoms. The molecule has 0 spiro atoms. The summed E-state index contributed by atoms with van der Waals surface area (Å²) in [4.78, 5) is 0. The van der Waals surface area contributed by atoms with E-state index in [1.54, 1.807) is 0 Å². The van der Waals surface area contributed by atoms with E-state index in [0.717, 1.165) is 22.1 Å². The summed E-state index contributed by atoms with van der Waals surface area (Å²) in [6.07, 6.45) is 0. The molecule has 0 saturated heterocycles. The molecule has 108 valence electrons. The van der Waals surface area contributed by atoms with Crippen molar-refractivity contribution >= 4 is 23.1 Å². The van der Waals surface area contributed by atoms with Gasteiger partial charge in [0.05, 0.1) is 17.4 Å². The van der Waals surface area contributed by atoms with Crippen molar-refractivity contribution in [2.24, 2.45) is 0 Å². The number of nitrogens with one attached hydrogen (secondary N) is 1. The first-order valence-electron chi connectivity index (χ1n) is 6.76. The Kier molecular flexibility index (Phi) is 4.23. The molecular formula is C15H21ClN4. The molecule has 0 amide bonds. The van der Waals surface area contributed by atoms with Crippen LogP contribution in [0.25, 0.3) is 0 Å². The number of hydrogen-bond acceptors (Lipinski definition) is 3. The number of rotatable bonds is 4. The third-order valence-corrected chi connectivity index (χ3v) is 3.60. The van der Waals surface area contributed by atoms with E-state index in [9.17, 15) is 0 Å². The number of halogens is 1. The van der Waals surface area contributed by atoms with Crippen LogP contribution >= 0.6 is 11.6 Å². The number of nitrogen functional groups attached to an aromatic ring is 1. The molecule has 0 aliphatic carbocycles. The lowest BCUT2D eigenvalue weighted by atomic mass is 10.1. The second-order valence-electron chi connectivity index (χ2n) is 5.30. The molecule has 1 aromatic heterocycles. The van der Waals surface area contributed by atoms with Crippen molar-refractivity contribution in [3.63, 3.8) is 0 Å². The molecule has 1 atom stereocenters. The van der Waals surface area contributed by atoms with Crippen molar-refractivity contribution in [2.75, 3.05) is 11.1 Å². The molecule has 1 heterocycles. The molecule has 0 saturated carbocycles. The van der Waals surface area contributed by atoms with E-state index in [4.69, 9.17) is 17.3 Å². The highest BCUT2D eigenvalue weighted by Gasteiger charge is 2.17. The van der Waals surface area contributed by atoms with Gasteiger partial charge in [-0.2, -0.15) is 5.10 Å². The van der Waals surface area contributed by atoms with E-state index >= 15 is 0 Å². The van der Waals surface area contributed by atoms with E-state index in [1.165, 1.54) is 0 Å². The van der Waals surface area contributed by atoms with E-state index in [0.29, 0.717) is 5.69 Å². The van der Waals surface area contributed by atoms with Crippen LogP contribution in [-0.4, -0.2) is 9.78 Å². The molecule has 1 aromatic carbocycles. The molecule has 0 aliphatic rings. The number of aryl methyl sites for hydroxylation is 1. The Labute approximate surface area is 124 Å². The summed E-state index contributed by atoms with van der Waals surface area (Å²) in [5, 5.41) is 8.67. The fourth-order valence-electron chi connectivity index (χ4n) is 2.12. The minimum absolute atomic E-state index is 0.128. The van der Waals surface area contributed by atoms with Gasteiger partial charge in [0, 0.05) is 11.1 Å². The Morgan fingerprint density at radius 1 is 1.20 bits per heavy atom. The van der Waals surface area contributed by atoms with Gasteiger partial charge in [-0.3, -0.25) is 0 Å². The van der Waals surface area contributed by atoms with Crippen LogP contribution in [0.15, 0.2) is 24.3 Å². The lowest BCUT2D eigenvalue weighted by Gasteiger charge is -2.19. The number of anilines is 2. The lowest BCUT2D eigenvalue weighted by molar-refractivity contribution is 0.532. The summed E-state index contributed by atoms with van der Waals surface area (Å²) < 4.78 is 1.93. The fraction of sp³-hybridized carbons (Fsp3) is 0.400. The molecule has 2 aromatic rings. The number of aromatic nitrogens is 2. The highest BCUT2D eigenvalue weighted by molar-refractivity contribution is 6.30. The Balaban J connectivity index is 2.27. The van der Waals surface area contributed by atoms with Crippen LogP contribution in [0, 0.1) is 6.92 Å². The highest BCUT2D eigenvalue weighted by atomic mass is 35.5. The van der Waals surface area contributed by atoms with Crippen LogP contribution in [0.2, 0.25) is 5.02 Å². The van der Waals surface area contributed by atoms with Gasteiger partial charge in [-0.1, -0.05) is 23.7 Å². The van der Waals surface area contributed by atoms with E-state index in [-0.39, 0.29) is 12.1 Å². The minimum Gasteiger partial charge on any atom is -0.394 e. The Morgan fingerprint density at radius 2 is 1.80 bits per heavy atom. The van der Waals surface area contributed by atoms with Crippen molar-refractivity contribution in [3.8, 4) is 0 Å². The van der Waals surface area contributed by atoms with Crippen molar-refractivity contribution in [1.82, 2.24) is 9.78 Å². The second-order valence-corrected chi connectivity index (χ2v) is 5.74. The monoisotopic (exact) mass is 292 g/mol. The van der Waals surface area contributed by atoms with Gasteiger partial charge in [0.25, 0.3) is 0 Å². The van der Waals surface area contributed by atoms with Crippen LogP contribution in [0.3, 0.4) is 0 Å². The fourth-order valence-corrected chi connectivity index (χ4v) is 2.24. The minimum atomic E-state index is 0.128. The van der Waals surface area contributed by atoms with Crippen LogP contribution in [0.4, 0.5) is 11.5 Å². The van der Waals surface area contributed by atoms with E-state index < -0.39 is 0 Å². The van der Waals surface area contributed by atoms with Crippen molar-refractivity contribution in [2.45, 2.75) is 39.8 Å². The SMILES string of the molecule is Cc1nn(C(C)C)c(NC(C)c2ccc(Cl)cc2)c1N. The number of nitrogens with zero attached hydrogens (tertiary/aromatic N) is 2. The van der Waals surface area contributed by atoms with Crippen molar-refractivity contribution in [1.29, 1.82) is 0 Å². The third-order valence-electron chi connectivity index (χ3n) is 3.34. The van der Waals surface area contributed by atoms with Gasteiger partial charge in [-0.15, -0.1) is 0 Å². The second kappa shape index (κ2) is 5.75. The summed E-state index contributed by atoms with van der Waals surface area (Å²) in [5.74, 6) is 0.875. The van der Waals surface area contributed by atoms with Crippen LogP contribution in [0.5, 0.6) is 0 Å². The average Bonchev–Trinajstić information content (AvgIpc) is 2.68. The standard InChI is InChI=1S/C15H21ClN4/c1-9(2)20-15(14(17)11(4)19-20)18-10(3)12-5-7-13(16)8-6-12/h5-10,18H,17H2,1-4H3. The lowest BCUT2D eigenvalue weighted by Crippen LogP contribution is -2.14. The Morgan fingerprint density at radius 3 is 2.35 bits per heavy atom. The topological polar surface area (TPSA) is 55.9 Å². The first kappa shape index (κ1) is 14.7. The Hall–Kier alpha value is -1.68. The third kappa shape index (κ3) is 2.90. The molecular weight excluding hydrogens is 272 g/mol. The van der Waals surface area contributed by atoms with Crippen molar-refractivity contribution in [3.05, 3.63) is 40.5 Å². The van der Waals surface area contributed by atoms with Gasteiger partial charge >= 0.3 is 0 Å². The first-order valence-corrected chi connectivity index (χ1v) is 7.14. The van der Waals surface area contributed by atoms with Crippen LogP contribution in [0.1, 0.15) is 44.1 Å². The molecule has 4 nitrogen and oxygen atoms in total. The van der Waals surface area contributed by atoms with Crippen molar-refractivity contribution < 1.29 is 0 Å². The maximum Gasteiger partial charge on any atom is 0.148 e. The highest BCUT2D eigenvalue weighted by Crippen LogP contribution is 2.29. The normalized spacial score (nSPS) is 12.7. The molecule has 0 fully saturated rings. The molecule has 5 heteroatoms. The smallest absolute Gasteiger partial charge is 0.148 e. The zero-order chi connectivity index (χ0) is 14.9. The summed E-state index contributed by atoms with van der Waals surface area (Å²) in [7, 11) is 0. The van der Waals surface area contributed by atoms with Gasteiger partial charge in [0.2, 0.25) is 0 Å². The number of hydrogen-bond donors (Lipinski definition) is 2. The average molecular weight is 293 g/mol. The maximum absolute atomic E-state index is 6.12. The largest absolute Gasteiger partial charge is 0.394 e. The first-order chi connectivity index (χ1) is 9.40. The summed E-state index contributed by atoms with van der Waals surface area (Å²) in [6.45, 7) is 8.19. The van der Waals surface area contributed by atoms with Gasteiger partial charge in [0.15, 0.2) is 0 Å². The van der Waals surface area contributed by atoms with Gasteiger partial charge in [-0.05, 0) is 45.4 Å². The summed E-state index contributed by atoms with van der Waals surface area (Å²) in [5.41, 5.74) is 8.84. The molecule has 2 rings (SSSR count). The Bertz CT molecular complexity index is 587. The summed E-state index contributed by atoms with van der Waals surface area (Å²) >= 11 is 5.92. The maximum atomic E-state index is 6.12.